The Balaban J connectivity index is 2.88. The number of aliphatic hydroxyl groups excluding tert-OH is 1. The van der Waals surface area contributed by atoms with E-state index in [4.69, 9.17) is 5.11 Å². The fourth-order valence-corrected chi connectivity index (χ4v) is 2.31. The molecule has 2 atom stereocenters. The van der Waals surface area contributed by atoms with Gasteiger partial charge in [0.15, 0.2) is 0 Å². The van der Waals surface area contributed by atoms with Gasteiger partial charge in [-0.05, 0) is 27.7 Å². The van der Waals surface area contributed by atoms with Crippen LogP contribution in [0.2, 0.25) is 0 Å². The summed E-state index contributed by atoms with van der Waals surface area (Å²) >= 11 is 0. The largest absolute Gasteiger partial charge is 0.634 e. The highest BCUT2D eigenvalue weighted by Gasteiger charge is 2.51. The van der Waals surface area contributed by atoms with Crippen molar-refractivity contribution in [2.24, 2.45) is 5.92 Å². The number of rotatable bonds is 1. The first-order valence-corrected chi connectivity index (χ1v) is 4.48. The Bertz CT molecular complexity index is 177. The van der Waals surface area contributed by atoms with Crippen molar-refractivity contribution in [2.45, 2.75) is 45.2 Å². The molecule has 0 radical (unpaired) electrons. The quantitative estimate of drug-likeness (QED) is 0.546. The molecule has 3 nitrogen and oxygen atoms in total. The van der Waals surface area contributed by atoms with Crippen molar-refractivity contribution in [1.82, 2.24) is 0 Å². The third-order valence-corrected chi connectivity index (χ3v) is 3.20. The third kappa shape index (κ3) is 1.26. The minimum absolute atomic E-state index is 0.127. The highest BCUT2D eigenvalue weighted by atomic mass is 16.5. The molecule has 1 aliphatic rings. The van der Waals surface area contributed by atoms with Crippen LogP contribution in [0.4, 0.5) is 0 Å². The minimum atomic E-state index is -0.335. The average molecular weight is 173 g/mol. The summed E-state index contributed by atoms with van der Waals surface area (Å²) < 4.78 is 0. The lowest BCUT2D eigenvalue weighted by Gasteiger charge is -2.41. The first-order valence-electron chi connectivity index (χ1n) is 4.48. The smallest absolute Gasteiger partial charge is 0.0974 e. The molecule has 2 unspecified atom stereocenters. The van der Waals surface area contributed by atoms with E-state index in [-0.39, 0.29) is 28.7 Å². The summed E-state index contributed by atoms with van der Waals surface area (Å²) in [6.07, 6.45) is 0.815. The fourth-order valence-electron chi connectivity index (χ4n) is 2.31. The molecule has 12 heavy (non-hydrogen) atoms. The van der Waals surface area contributed by atoms with Gasteiger partial charge in [0.25, 0.3) is 0 Å². The molecule has 0 amide bonds. The first-order chi connectivity index (χ1) is 5.32. The Morgan fingerprint density at radius 2 is 1.92 bits per heavy atom. The van der Waals surface area contributed by atoms with Gasteiger partial charge in [-0.2, -0.15) is 0 Å². The number of hydrogen-bond donors (Lipinski definition) is 2. The topological polar surface area (TPSA) is 47.7 Å². The van der Waals surface area contributed by atoms with Crippen molar-refractivity contribution in [3.63, 3.8) is 0 Å². The molecule has 2 N–H and O–H groups in total. The Morgan fingerprint density at radius 1 is 1.42 bits per heavy atom. The van der Waals surface area contributed by atoms with E-state index in [0.717, 1.165) is 6.42 Å². The highest BCUT2D eigenvalue weighted by molar-refractivity contribution is 4.91. The van der Waals surface area contributed by atoms with Crippen molar-refractivity contribution >= 4 is 0 Å². The van der Waals surface area contributed by atoms with Crippen molar-refractivity contribution < 1.29 is 10.2 Å². The maximum Gasteiger partial charge on any atom is 0.0974 e. The molecule has 1 saturated heterocycles. The summed E-state index contributed by atoms with van der Waals surface area (Å²) in [4.78, 5) is 0. The summed E-state index contributed by atoms with van der Waals surface area (Å²) in [5, 5.41) is 21.2. The van der Waals surface area contributed by atoms with Crippen LogP contribution in [0.3, 0.4) is 0 Å². The lowest BCUT2D eigenvalue weighted by Crippen LogP contribution is -3.19. The van der Waals surface area contributed by atoms with E-state index in [9.17, 15) is 5.21 Å². The van der Waals surface area contributed by atoms with E-state index >= 15 is 0 Å². The van der Waals surface area contributed by atoms with Gasteiger partial charge in [0.2, 0.25) is 0 Å². The Morgan fingerprint density at radius 3 is 2.08 bits per heavy atom. The zero-order chi connectivity index (χ0) is 9.57. The molecule has 0 bridgehead atoms. The summed E-state index contributed by atoms with van der Waals surface area (Å²) in [5.41, 5.74) is -0.574. The van der Waals surface area contributed by atoms with Gasteiger partial charge in [-0.15, -0.1) is 0 Å². The van der Waals surface area contributed by atoms with Gasteiger partial charge in [0.1, 0.15) is 0 Å². The summed E-state index contributed by atoms with van der Waals surface area (Å²) in [5.74, 6) is 0.139. The number of nitrogens with one attached hydrogen (secondary N) is 1. The Kier molecular flexibility index (Phi) is 2.23. The minimum Gasteiger partial charge on any atom is -0.634 e. The summed E-state index contributed by atoms with van der Waals surface area (Å²) in [6, 6.07) is 0. The molecule has 0 saturated carbocycles. The van der Waals surface area contributed by atoms with Crippen LogP contribution in [0, 0.1) is 11.1 Å². The molecule has 0 aromatic carbocycles. The van der Waals surface area contributed by atoms with Crippen LogP contribution >= 0.6 is 0 Å². The molecule has 0 aliphatic carbocycles. The van der Waals surface area contributed by atoms with E-state index in [2.05, 4.69) is 0 Å². The maximum absolute atomic E-state index is 11.8. The third-order valence-electron chi connectivity index (χ3n) is 3.20. The molecule has 1 heterocycles. The molecular weight excluding hydrogens is 154 g/mol. The van der Waals surface area contributed by atoms with Gasteiger partial charge in [0, 0.05) is 12.3 Å². The predicted octanol–water partition coefficient (Wildman–Crippen LogP) is -0.0615. The lowest BCUT2D eigenvalue weighted by molar-refractivity contribution is -0.934. The summed E-state index contributed by atoms with van der Waals surface area (Å²) in [7, 11) is 0. The van der Waals surface area contributed by atoms with Gasteiger partial charge in [-0.25, -0.2) is 0 Å². The number of quaternary nitrogens is 1. The zero-order valence-corrected chi connectivity index (χ0v) is 8.35. The molecule has 1 fully saturated rings. The standard InChI is InChI=1S/C9H19NO2/c1-8(2)5-7(6-11)9(3,4)10(8)12/h7,10-11H,5-6H2,1-4H3. The van der Waals surface area contributed by atoms with Gasteiger partial charge >= 0.3 is 0 Å². The van der Waals surface area contributed by atoms with Crippen LogP contribution in [0.1, 0.15) is 34.1 Å². The van der Waals surface area contributed by atoms with E-state index in [0.29, 0.717) is 0 Å². The number of aliphatic hydroxyl groups is 1. The second-order valence-corrected chi connectivity index (χ2v) is 5.02. The van der Waals surface area contributed by atoms with Crippen molar-refractivity contribution in [1.29, 1.82) is 0 Å². The van der Waals surface area contributed by atoms with Gasteiger partial charge < -0.3 is 15.4 Å². The molecule has 72 valence electrons. The van der Waals surface area contributed by atoms with Gasteiger partial charge in [-0.3, -0.25) is 0 Å². The molecule has 1 aliphatic heterocycles. The molecule has 0 aromatic rings. The van der Waals surface area contributed by atoms with Crippen molar-refractivity contribution in [3.05, 3.63) is 5.21 Å². The molecule has 1 rings (SSSR count). The Labute approximate surface area is 74.0 Å². The van der Waals surface area contributed by atoms with Gasteiger partial charge in [-0.1, -0.05) is 0 Å². The van der Waals surface area contributed by atoms with E-state index in [1.807, 2.05) is 27.7 Å². The average Bonchev–Trinajstić information content (AvgIpc) is 2.11. The zero-order valence-electron chi connectivity index (χ0n) is 8.35. The van der Waals surface area contributed by atoms with E-state index in [1.165, 1.54) is 0 Å². The number of hydrogen-bond acceptors (Lipinski definition) is 2. The van der Waals surface area contributed by atoms with Gasteiger partial charge in [0.05, 0.1) is 17.7 Å². The van der Waals surface area contributed by atoms with Crippen LogP contribution < -0.4 is 5.06 Å². The lowest BCUT2D eigenvalue weighted by atomic mass is 9.88. The molecule has 0 spiro atoms. The Hall–Kier alpha value is -0.120. The van der Waals surface area contributed by atoms with E-state index in [1.54, 1.807) is 0 Å². The van der Waals surface area contributed by atoms with Crippen LogP contribution in [0.15, 0.2) is 0 Å². The van der Waals surface area contributed by atoms with Crippen LogP contribution in [-0.2, 0) is 0 Å². The summed E-state index contributed by atoms with van der Waals surface area (Å²) in [6.45, 7) is 7.93. The van der Waals surface area contributed by atoms with Crippen LogP contribution in [0.25, 0.3) is 0 Å². The van der Waals surface area contributed by atoms with Crippen molar-refractivity contribution in [3.8, 4) is 0 Å². The van der Waals surface area contributed by atoms with Crippen molar-refractivity contribution in [2.75, 3.05) is 6.61 Å². The fraction of sp³-hybridized carbons (Fsp3) is 1.00. The molecule has 3 heteroatoms. The highest BCUT2D eigenvalue weighted by Crippen LogP contribution is 2.29. The second kappa shape index (κ2) is 2.69. The first kappa shape index (κ1) is 9.96. The maximum atomic E-state index is 11.8. The predicted molar refractivity (Wildman–Crippen MR) is 47.7 cm³/mol. The normalized spacial score (nSPS) is 38.5. The van der Waals surface area contributed by atoms with Crippen LogP contribution in [0.5, 0.6) is 0 Å². The number of hydroxylamine groups is 2. The van der Waals surface area contributed by atoms with Crippen LogP contribution in [-0.4, -0.2) is 22.8 Å². The molecule has 0 aromatic heterocycles. The molecular formula is C9H19NO2. The van der Waals surface area contributed by atoms with E-state index < -0.39 is 0 Å². The second-order valence-electron chi connectivity index (χ2n) is 5.02. The monoisotopic (exact) mass is 173 g/mol. The SMILES string of the molecule is CC1(C)CC(CO)C(C)(C)[NH+]1[O-].